The van der Waals surface area contributed by atoms with Crippen LogP contribution >= 0.6 is 11.6 Å². The second-order valence-corrected chi connectivity index (χ2v) is 8.65. The summed E-state index contributed by atoms with van der Waals surface area (Å²) in [6.45, 7) is 2.86. The SMILES string of the molecule is COC1CC2CCC(C1)N2c1nc(Cl)nc2c1CN(Cc1ccccc1)CC2. The highest BCUT2D eigenvalue weighted by atomic mass is 35.5. The van der Waals surface area contributed by atoms with Crippen LogP contribution < -0.4 is 4.90 Å². The number of piperidine rings is 1. The summed E-state index contributed by atoms with van der Waals surface area (Å²) in [5.41, 5.74) is 3.76. The highest BCUT2D eigenvalue weighted by molar-refractivity contribution is 6.28. The molecule has 1 aromatic heterocycles. The summed E-state index contributed by atoms with van der Waals surface area (Å²) in [7, 11) is 1.84. The van der Waals surface area contributed by atoms with Gasteiger partial charge in [0.15, 0.2) is 0 Å². The average molecular weight is 399 g/mol. The lowest BCUT2D eigenvalue weighted by Crippen LogP contribution is -2.47. The van der Waals surface area contributed by atoms with E-state index in [9.17, 15) is 0 Å². The van der Waals surface area contributed by atoms with E-state index in [1.807, 2.05) is 7.11 Å². The maximum absolute atomic E-state index is 6.35. The summed E-state index contributed by atoms with van der Waals surface area (Å²) in [5, 5.41) is 0.388. The van der Waals surface area contributed by atoms with Gasteiger partial charge in [-0.2, -0.15) is 0 Å². The van der Waals surface area contributed by atoms with Crippen LogP contribution in [0.1, 0.15) is 42.5 Å². The van der Waals surface area contributed by atoms with Crippen LogP contribution in [-0.4, -0.2) is 46.7 Å². The summed E-state index contributed by atoms with van der Waals surface area (Å²) in [6.07, 6.45) is 5.90. The first-order chi connectivity index (χ1) is 13.7. The molecule has 1 aromatic carbocycles. The molecule has 3 aliphatic rings. The van der Waals surface area contributed by atoms with Gasteiger partial charge in [-0.3, -0.25) is 4.90 Å². The van der Waals surface area contributed by atoms with E-state index in [2.05, 4.69) is 45.1 Å². The summed E-state index contributed by atoms with van der Waals surface area (Å²) in [5.74, 6) is 1.08. The quantitative estimate of drug-likeness (QED) is 0.732. The second-order valence-electron chi connectivity index (χ2n) is 8.31. The fraction of sp³-hybridized carbons (Fsp3) is 0.545. The number of halogens is 1. The van der Waals surface area contributed by atoms with Crippen molar-refractivity contribution in [2.45, 2.75) is 63.4 Å². The third kappa shape index (κ3) is 3.40. The van der Waals surface area contributed by atoms with Crippen LogP contribution in [0.3, 0.4) is 0 Å². The smallest absolute Gasteiger partial charge is 0.224 e. The molecule has 0 amide bonds. The normalized spacial score (nSPS) is 27.1. The van der Waals surface area contributed by atoms with Gasteiger partial charge in [-0.1, -0.05) is 30.3 Å². The average Bonchev–Trinajstić information content (AvgIpc) is 2.97. The first kappa shape index (κ1) is 18.3. The summed E-state index contributed by atoms with van der Waals surface area (Å²) in [6, 6.07) is 11.7. The van der Waals surface area contributed by atoms with Crippen molar-refractivity contribution in [3.8, 4) is 0 Å². The molecule has 2 saturated heterocycles. The molecule has 28 heavy (non-hydrogen) atoms. The Balaban J connectivity index is 1.44. The van der Waals surface area contributed by atoms with Crippen LogP contribution in [0.5, 0.6) is 0 Å². The van der Waals surface area contributed by atoms with Crippen molar-refractivity contribution in [3.63, 3.8) is 0 Å². The zero-order chi connectivity index (χ0) is 19.1. The van der Waals surface area contributed by atoms with E-state index < -0.39 is 0 Å². The Morgan fingerprint density at radius 2 is 1.86 bits per heavy atom. The number of aromatic nitrogens is 2. The first-order valence-electron chi connectivity index (χ1n) is 10.3. The van der Waals surface area contributed by atoms with Gasteiger partial charge in [0.25, 0.3) is 0 Å². The van der Waals surface area contributed by atoms with Crippen molar-refractivity contribution >= 4 is 17.4 Å². The maximum Gasteiger partial charge on any atom is 0.224 e. The highest BCUT2D eigenvalue weighted by Crippen LogP contribution is 2.42. The van der Waals surface area contributed by atoms with Crippen molar-refractivity contribution in [1.82, 2.24) is 14.9 Å². The lowest BCUT2D eigenvalue weighted by molar-refractivity contribution is 0.0680. The molecule has 0 radical (unpaired) electrons. The number of methoxy groups -OCH3 is 1. The van der Waals surface area contributed by atoms with E-state index in [-0.39, 0.29) is 0 Å². The molecule has 2 aromatic rings. The number of rotatable bonds is 4. The van der Waals surface area contributed by atoms with Gasteiger partial charge in [0, 0.05) is 50.8 Å². The summed E-state index contributed by atoms with van der Waals surface area (Å²) >= 11 is 6.35. The Labute approximate surface area is 171 Å². The van der Waals surface area contributed by atoms with E-state index in [1.165, 1.54) is 24.0 Å². The molecule has 4 heterocycles. The number of fused-ring (bicyclic) bond motifs is 3. The van der Waals surface area contributed by atoms with Gasteiger partial charge in [0.05, 0.1) is 11.8 Å². The molecule has 5 nitrogen and oxygen atoms in total. The van der Waals surface area contributed by atoms with Crippen molar-refractivity contribution < 1.29 is 4.74 Å². The molecule has 5 rings (SSSR count). The Morgan fingerprint density at radius 1 is 1.11 bits per heavy atom. The van der Waals surface area contributed by atoms with Crippen molar-refractivity contribution in [3.05, 3.63) is 52.4 Å². The number of benzene rings is 1. The van der Waals surface area contributed by atoms with Gasteiger partial charge < -0.3 is 9.64 Å². The van der Waals surface area contributed by atoms with E-state index in [0.29, 0.717) is 23.5 Å². The lowest BCUT2D eigenvalue weighted by Gasteiger charge is -2.41. The second kappa shape index (κ2) is 7.62. The van der Waals surface area contributed by atoms with E-state index in [4.69, 9.17) is 21.3 Å². The lowest BCUT2D eigenvalue weighted by atomic mass is 9.97. The van der Waals surface area contributed by atoms with Crippen LogP contribution in [0.4, 0.5) is 5.82 Å². The zero-order valence-corrected chi connectivity index (χ0v) is 17.1. The summed E-state index contributed by atoms with van der Waals surface area (Å²) in [4.78, 5) is 14.4. The van der Waals surface area contributed by atoms with Crippen molar-refractivity contribution in [1.29, 1.82) is 0 Å². The molecular weight excluding hydrogens is 372 g/mol. The van der Waals surface area contributed by atoms with E-state index in [0.717, 1.165) is 50.4 Å². The van der Waals surface area contributed by atoms with Crippen molar-refractivity contribution in [2.75, 3.05) is 18.6 Å². The number of anilines is 1. The minimum atomic E-state index is 0.372. The molecule has 6 heteroatoms. The van der Waals surface area contributed by atoms with Gasteiger partial charge in [0.1, 0.15) is 5.82 Å². The molecule has 0 saturated carbocycles. The third-order valence-electron chi connectivity index (χ3n) is 6.61. The number of ether oxygens (including phenoxy) is 1. The fourth-order valence-electron chi connectivity index (χ4n) is 5.28. The van der Waals surface area contributed by atoms with Crippen LogP contribution in [0, 0.1) is 0 Å². The van der Waals surface area contributed by atoms with E-state index >= 15 is 0 Å². The molecule has 3 aliphatic heterocycles. The molecule has 2 fully saturated rings. The molecule has 0 aliphatic carbocycles. The number of hydrogen-bond donors (Lipinski definition) is 0. The van der Waals surface area contributed by atoms with Gasteiger partial charge in [0.2, 0.25) is 5.28 Å². The number of hydrogen-bond acceptors (Lipinski definition) is 5. The predicted octanol–water partition coefficient (Wildman–Crippen LogP) is 3.83. The highest BCUT2D eigenvalue weighted by Gasteiger charge is 2.43. The molecule has 0 N–H and O–H groups in total. The minimum absolute atomic E-state index is 0.372. The Morgan fingerprint density at radius 3 is 2.57 bits per heavy atom. The van der Waals surface area contributed by atoms with Gasteiger partial charge in [-0.15, -0.1) is 0 Å². The van der Waals surface area contributed by atoms with Crippen LogP contribution in [-0.2, 0) is 24.2 Å². The molecule has 2 bridgehead atoms. The Kier molecular flexibility index (Phi) is 4.99. The van der Waals surface area contributed by atoms with Gasteiger partial charge in [-0.05, 0) is 42.8 Å². The zero-order valence-electron chi connectivity index (χ0n) is 16.4. The first-order valence-corrected chi connectivity index (χ1v) is 10.7. The standard InChI is InChI=1S/C22H27ClN4O/c1-28-18-11-16-7-8-17(12-18)27(16)21-19-14-26(13-15-5-3-2-4-6-15)10-9-20(19)24-22(23)25-21/h2-6,16-18H,7-14H2,1H3. The molecule has 2 unspecified atom stereocenters. The van der Waals surface area contributed by atoms with E-state index in [1.54, 1.807) is 0 Å². The monoisotopic (exact) mass is 398 g/mol. The molecule has 0 spiro atoms. The largest absolute Gasteiger partial charge is 0.381 e. The Bertz CT molecular complexity index is 832. The van der Waals surface area contributed by atoms with Crippen molar-refractivity contribution in [2.24, 2.45) is 0 Å². The topological polar surface area (TPSA) is 41.5 Å². The predicted molar refractivity (Wildman–Crippen MR) is 111 cm³/mol. The fourth-order valence-corrected chi connectivity index (χ4v) is 5.46. The molecule has 148 valence electrons. The Hall–Kier alpha value is -1.69. The van der Waals surface area contributed by atoms with Crippen LogP contribution in [0.25, 0.3) is 0 Å². The molecular formula is C22H27ClN4O. The third-order valence-corrected chi connectivity index (χ3v) is 6.78. The number of nitrogens with zero attached hydrogens (tertiary/aromatic N) is 4. The minimum Gasteiger partial charge on any atom is -0.381 e. The summed E-state index contributed by atoms with van der Waals surface area (Å²) < 4.78 is 5.68. The van der Waals surface area contributed by atoms with Gasteiger partial charge >= 0.3 is 0 Å². The maximum atomic E-state index is 6.35. The van der Waals surface area contributed by atoms with Crippen LogP contribution in [0.2, 0.25) is 5.28 Å². The van der Waals surface area contributed by atoms with Crippen LogP contribution in [0.15, 0.2) is 30.3 Å². The molecule has 2 atom stereocenters. The van der Waals surface area contributed by atoms with Gasteiger partial charge in [-0.25, -0.2) is 9.97 Å².